The zero-order valence-corrected chi connectivity index (χ0v) is 15.0. The number of carbonyl (C=O) groups is 1. The monoisotopic (exact) mass is 356 g/mol. The molecule has 6 heteroatoms. The van der Waals surface area contributed by atoms with Crippen molar-refractivity contribution in [1.82, 2.24) is 9.88 Å². The lowest BCUT2D eigenvalue weighted by atomic mass is 9.91. The van der Waals surface area contributed by atoms with Gasteiger partial charge in [0.05, 0.1) is 25.6 Å². The van der Waals surface area contributed by atoms with E-state index in [9.17, 15) is 4.79 Å². The van der Waals surface area contributed by atoms with Gasteiger partial charge in [-0.05, 0) is 43.0 Å². The maximum Gasteiger partial charge on any atom is 0.289 e. The van der Waals surface area contributed by atoms with Crippen LogP contribution in [0.15, 0.2) is 41.3 Å². The molecule has 0 bridgehead atoms. The predicted molar refractivity (Wildman–Crippen MR) is 94.6 cm³/mol. The highest BCUT2D eigenvalue weighted by atomic mass is 16.5. The van der Waals surface area contributed by atoms with Crippen molar-refractivity contribution in [3.05, 3.63) is 53.7 Å². The van der Waals surface area contributed by atoms with Crippen LogP contribution in [0, 0.1) is 18.8 Å². The lowest BCUT2D eigenvalue weighted by Gasteiger charge is -2.19. The molecule has 26 heavy (non-hydrogen) atoms. The molecule has 0 unspecified atom stereocenters. The number of likely N-dealkylation sites (tertiary alicyclic amines) is 1. The largest absolute Gasteiger partial charge is 0.459 e. The number of carbonyl (C=O) groups excluding carboxylic acids is 1. The molecule has 6 nitrogen and oxygen atoms in total. The van der Waals surface area contributed by atoms with E-state index in [2.05, 4.69) is 4.98 Å². The first-order valence-corrected chi connectivity index (χ1v) is 9.14. The minimum atomic E-state index is -0.0295. The maximum absolute atomic E-state index is 12.6. The van der Waals surface area contributed by atoms with Gasteiger partial charge in [-0.15, -0.1) is 0 Å². The van der Waals surface area contributed by atoms with Crippen molar-refractivity contribution in [3.8, 4) is 0 Å². The fourth-order valence-corrected chi connectivity index (χ4v) is 3.90. The first-order chi connectivity index (χ1) is 12.7. The molecule has 2 aliphatic heterocycles. The lowest BCUT2D eigenvalue weighted by molar-refractivity contribution is 0.0624. The van der Waals surface area contributed by atoms with E-state index in [-0.39, 0.29) is 12.0 Å². The molecule has 2 aliphatic rings. The normalized spacial score (nSPS) is 24.8. The average Bonchev–Trinajstić information content (AvgIpc) is 3.35. The van der Waals surface area contributed by atoms with Gasteiger partial charge >= 0.3 is 0 Å². The third-order valence-electron chi connectivity index (χ3n) is 5.43. The van der Waals surface area contributed by atoms with Crippen LogP contribution >= 0.6 is 0 Å². The molecule has 4 heterocycles. The van der Waals surface area contributed by atoms with Crippen molar-refractivity contribution in [3.63, 3.8) is 0 Å². The Hall–Kier alpha value is -2.18. The Morgan fingerprint density at radius 1 is 1.31 bits per heavy atom. The van der Waals surface area contributed by atoms with Crippen molar-refractivity contribution in [2.45, 2.75) is 26.1 Å². The molecule has 2 aromatic heterocycles. The second kappa shape index (κ2) is 7.60. The highest BCUT2D eigenvalue weighted by Gasteiger charge is 2.45. The summed E-state index contributed by atoms with van der Waals surface area (Å²) in [6.45, 7) is 5.34. The minimum absolute atomic E-state index is 0.0295. The van der Waals surface area contributed by atoms with Gasteiger partial charge < -0.3 is 18.8 Å². The number of rotatable bonds is 6. The fraction of sp³-hybridized carbons (Fsp3) is 0.500. The Bertz CT molecular complexity index is 745. The molecule has 2 fully saturated rings. The molecule has 4 rings (SSSR count). The molecule has 0 aromatic carbocycles. The van der Waals surface area contributed by atoms with Crippen LogP contribution in [-0.4, -0.2) is 48.2 Å². The number of aromatic nitrogens is 1. The number of hydrogen-bond acceptors (Lipinski definition) is 5. The number of nitrogens with zero attached hydrogens (tertiary/aromatic N) is 2. The summed E-state index contributed by atoms with van der Waals surface area (Å²) in [7, 11) is 0. The Labute approximate surface area is 153 Å². The molecular formula is C20H24N2O4. The zero-order valence-electron chi connectivity index (χ0n) is 15.0. The molecule has 0 saturated carbocycles. The van der Waals surface area contributed by atoms with Crippen molar-refractivity contribution in [2.75, 3.05) is 26.3 Å². The molecular weight excluding hydrogens is 332 g/mol. The summed E-state index contributed by atoms with van der Waals surface area (Å²) in [5.74, 6) is 1.24. The molecule has 138 valence electrons. The zero-order chi connectivity index (χ0) is 17.9. The van der Waals surface area contributed by atoms with Crippen LogP contribution in [-0.2, 0) is 16.1 Å². The van der Waals surface area contributed by atoms with E-state index >= 15 is 0 Å². The molecule has 3 atom stereocenters. The molecule has 2 saturated heterocycles. The van der Waals surface area contributed by atoms with Gasteiger partial charge in [-0.2, -0.15) is 0 Å². The topological polar surface area (TPSA) is 64.8 Å². The quantitative estimate of drug-likeness (QED) is 0.745. The van der Waals surface area contributed by atoms with Crippen LogP contribution in [0.4, 0.5) is 0 Å². The Balaban J connectivity index is 1.27. The summed E-state index contributed by atoms with van der Waals surface area (Å²) in [4.78, 5) is 18.5. The average molecular weight is 356 g/mol. The first kappa shape index (κ1) is 17.2. The maximum atomic E-state index is 12.6. The SMILES string of the molecule is Cc1ccoc1C(=O)N1C[C@H]2[C@@H](CCOCc3ccncc3)CO[C@H]2C1. The number of hydrogen-bond donors (Lipinski definition) is 0. The summed E-state index contributed by atoms with van der Waals surface area (Å²) in [5.41, 5.74) is 2.01. The van der Waals surface area contributed by atoms with Crippen molar-refractivity contribution in [1.29, 1.82) is 0 Å². The number of ether oxygens (including phenoxy) is 2. The number of fused-ring (bicyclic) bond motifs is 1. The van der Waals surface area contributed by atoms with Crippen LogP contribution in [0.5, 0.6) is 0 Å². The van der Waals surface area contributed by atoms with Gasteiger partial charge in [0, 0.05) is 43.6 Å². The lowest BCUT2D eigenvalue weighted by Crippen LogP contribution is -2.31. The van der Waals surface area contributed by atoms with E-state index in [0.29, 0.717) is 37.4 Å². The van der Waals surface area contributed by atoms with Gasteiger partial charge in [0.2, 0.25) is 0 Å². The van der Waals surface area contributed by atoms with Gasteiger partial charge in [-0.1, -0.05) is 0 Å². The van der Waals surface area contributed by atoms with Gasteiger partial charge in [0.1, 0.15) is 0 Å². The van der Waals surface area contributed by atoms with Crippen LogP contribution in [0.25, 0.3) is 0 Å². The highest BCUT2D eigenvalue weighted by Crippen LogP contribution is 2.36. The second-order valence-electron chi connectivity index (χ2n) is 7.14. The third-order valence-corrected chi connectivity index (χ3v) is 5.43. The fourth-order valence-electron chi connectivity index (χ4n) is 3.90. The van der Waals surface area contributed by atoms with Crippen LogP contribution < -0.4 is 0 Å². The Morgan fingerprint density at radius 2 is 2.15 bits per heavy atom. The van der Waals surface area contributed by atoms with Crippen molar-refractivity contribution >= 4 is 5.91 Å². The highest BCUT2D eigenvalue weighted by molar-refractivity contribution is 5.93. The molecule has 0 N–H and O–H groups in total. The van der Waals surface area contributed by atoms with E-state index in [4.69, 9.17) is 13.9 Å². The summed E-state index contributed by atoms with van der Waals surface area (Å²) in [6.07, 6.45) is 6.21. The number of pyridine rings is 1. The van der Waals surface area contributed by atoms with Gasteiger partial charge in [-0.3, -0.25) is 9.78 Å². The van der Waals surface area contributed by atoms with Gasteiger partial charge in [-0.25, -0.2) is 0 Å². The second-order valence-corrected chi connectivity index (χ2v) is 7.14. The molecule has 0 radical (unpaired) electrons. The first-order valence-electron chi connectivity index (χ1n) is 9.14. The standard InChI is InChI=1S/C20H24N2O4/c1-14-4-9-25-19(14)20(23)22-10-17-16(13-26-18(17)11-22)5-8-24-12-15-2-6-21-7-3-15/h2-4,6-7,9,16-18H,5,8,10-13H2,1H3/t16-,17-,18-/m0/s1. The summed E-state index contributed by atoms with van der Waals surface area (Å²) < 4.78 is 17.1. The molecule has 0 spiro atoms. The van der Waals surface area contributed by atoms with Gasteiger partial charge in [0.15, 0.2) is 5.76 Å². The van der Waals surface area contributed by atoms with Crippen LogP contribution in [0.3, 0.4) is 0 Å². The van der Waals surface area contributed by atoms with E-state index in [1.165, 1.54) is 0 Å². The number of amides is 1. The molecule has 0 aliphatic carbocycles. The number of furan rings is 1. The number of aryl methyl sites for hydroxylation is 1. The third kappa shape index (κ3) is 3.52. The summed E-state index contributed by atoms with van der Waals surface area (Å²) in [5, 5.41) is 0. The minimum Gasteiger partial charge on any atom is -0.459 e. The van der Waals surface area contributed by atoms with Crippen molar-refractivity contribution in [2.24, 2.45) is 11.8 Å². The van der Waals surface area contributed by atoms with E-state index in [1.54, 1.807) is 18.7 Å². The molecule has 2 aromatic rings. The van der Waals surface area contributed by atoms with Crippen LogP contribution in [0.2, 0.25) is 0 Å². The Kier molecular flexibility index (Phi) is 5.04. The molecule has 1 amide bonds. The van der Waals surface area contributed by atoms with Crippen LogP contribution in [0.1, 0.15) is 28.1 Å². The Morgan fingerprint density at radius 3 is 2.92 bits per heavy atom. The predicted octanol–water partition coefficient (Wildman–Crippen LogP) is 2.68. The van der Waals surface area contributed by atoms with Crippen molar-refractivity contribution < 1.29 is 18.7 Å². The summed E-state index contributed by atoms with van der Waals surface area (Å²) >= 11 is 0. The van der Waals surface area contributed by atoms with E-state index in [0.717, 1.165) is 30.7 Å². The van der Waals surface area contributed by atoms with Gasteiger partial charge in [0.25, 0.3) is 5.91 Å². The van der Waals surface area contributed by atoms with E-state index in [1.807, 2.05) is 30.0 Å². The smallest absolute Gasteiger partial charge is 0.289 e. The van der Waals surface area contributed by atoms with E-state index < -0.39 is 0 Å². The summed E-state index contributed by atoms with van der Waals surface area (Å²) in [6, 6.07) is 5.75.